The number of benzene rings is 2. The average molecular weight is 463 g/mol. The Morgan fingerprint density at radius 1 is 1.03 bits per heavy atom. The van der Waals surface area contributed by atoms with E-state index in [1.165, 1.54) is 0 Å². The van der Waals surface area contributed by atoms with E-state index >= 15 is 0 Å². The number of carbonyl (C=O) groups excluding carboxylic acids is 2. The molecule has 0 unspecified atom stereocenters. The van der Waals surface area contributed by atoms with Crippen LogP contribution in [0.5, 0.6) is 0 Å². The van der Waals surface area contributed by atoms with Gasteiger partial charge >= 0.3 is 6.16 Å². The van der Waals surface area contributed by atoms with Crippen molar-refractivity contribution in [2.24, 2.45) is 0 Å². The highest BCUT2D eigenvalue weighted by Gasteiger charge is 2.30. The molecule has 0 saturated heterocycles. The van der Waals surface area contributed by atoms with E-state index in [1.807, 2.05) is 53.4 Å². The van der Waals surface area contributed by atoms with Gasteiger partial charge in [-0.15, -0.1) is 0 Å². The van der Waals surface area contributed by atoms with Crippen LogP contribution in [-0.2, 0) is 20.8 Å². The van der Waals surface area contributed by atoms with E-state index in [0.29, 0.717) is 25.1 Å². The summed E-state index contributed by atoms with van der Waals surface area (Å²) < 4.78 is 10.3. The van der Waals surface area contributed by atoms with Gasteiger partial charge in [0, 0.05) is 19.0 Å². The summed E-state index contributed by atoms with van der Waals surface area (Å²) in [5.74, 6) is 0.176. The Bertz CT molecular complexity index is 988. The molecule has 1 saturated carbocycles. The van der Waals surface area contributed by atoms with Crippen molar-refractivity contribution in [3.63, 3.8) is 0 Å². The minimum absolute atomic E-state index is 0.130. The number of hydrogen-bond donors (Lipinski definition) is 0. The van der Waals surface area contributed by atoms with Gasteiger partial charge in [0.25, 0.3) is 0 Å². The van der Waals surface area contributed by atoms with Gasteiger partial charge in [0.2, 0.25) is 5.91 Å². The third-order valence-corrected chi connectivity index (χ3v) is 6.34. The molecule has 180 valence electrons. The molecule has 0 radical (unpaired) electrons. The zero-order valence-electron chi connectivity index (χ0n) is 20.2. The van der Waals surface area contributed by atoms with Crippen molar-refractivity contribution < 1.29 is 19.1 Å². The number of hydrogen-bond acceptors (Lipinski definition) is 5. The standard InChI is InChI=1S/C28H34N2O4/c1-3-5-10-27(31)30(24-15-17-25(18-16-24)34-28(32)33-4-2)20-21-11-13-22(14-12-21)26-9-7-6-8-23(26)19-29/h6-9,11-14,24-25H,3-5,10,15-18,20H2,1-2H3/t24-,25+. The Labute approximate surface area is 202 Å². The van der Waals surface area contributed by atoms with E-state index in [2.05, 4.69) is 13.0 Å². The smallest absolute Gasteiger partial charge is 0.435 e. The molecule has 2 aromatic rings. The van der Waals surface area contributed by atoms with E-state index in [-0.39, 0.29) is 18.1 Å². The first-order chi connectivity index (χ1) is 16.5. The fraction of sp³-hybridized carbons (Fsp3) is 0.464. The van der Waals surface area contributed by atoms with E-state index < -0.39 is 6.16 Å². The lowest BCUT2D eigenvalue weighted by atomic mass is 9.91. The molecular formula is C28H34N2O4. The number of unbranched alkanes of at least 4 members (excludes halogenated alkanes) is 1. The molecule has 34 heavy (non-hydrogen) atoms. The zero-order chi connectivity index (χ0) is 24.3. The molecule has 0 heterocycles. The monoisotopic (exact) mass is 462 g/mol. The van der Waals surface area contributed by atoms with Crippen molar-refractivity contribution in [2.75, 3.05) is 6.61 Å². The molecule has 2 aromatic carbocycles. The summed E-state index contributed by atoms with van der Waals surface area (Å²) in [6, 6.07) is 18.1. The first-order valence-electron chi connectivity index (χ1n) is 12.3. The molecule has 0 aliphatic heterocycles. The van der Waals surface area contributed by atoms with Crippen LogP contribution in [0.1, 0.15) is 69.9 Å². The summed E-state index contributed by atoms with van der Waals surface area (Å²) in [4.78, 5) is 26.8. The van der Waals surface area contributed by atoms with Crippen molar-refractivity contribution in [3.05, 3.63) is 59.7 Å². The predicted molar refractivity (Wildman–Crippen MR) is 131 cm³/mol. The molecule has 0 spiro atoms. The molecule has 6 nitrogen and oxygen atoms in total. The van der Waals surface area contributed by atoms with Gasteiger partial charge in [0.1, 0.15) is 6.10 Å². The lowest BCUT2D eigenvalue weighted by Gasteiger charge is -2.37. The Kier molecular flexibility index (Phi) is 9.51. The number of carbonyl (C=O) groups is 2. The highest BCUT2D eigenvalue weighted by Crippen LogP contribution is 2.29. The largest absolute Gasteiger partial charge is 0.508 e. The van der Waals surface area contributed by atoms with Gasteiger partial charge < -0.3 is 14.4 Å². The second-order valence-electron chi connectivity index (χ2n) is 8.71. The fourth-order valence-corrected chi connectivity index (χ4v) is 4.47. The average Bonchev–Trinajstić information content (AvgIpc) is 2.87. The maximum Gasteiger partial charge on any atom is 0.508 e. The first-order valence-corrected chi connectivity index (χ1v) is 12.3. The number of rotatable bonds is 9. The first kappa shape index (κ1) is 25.3. The molecule has 1 aliphatic carbocycles. The Morgan fingerprint density at radius 3 is 2.38 bits per heavy atom. The van der Waals surface area contributed by atoms with Gasteiger partial charge in [-0.2, -0.15) is 5.26 Å². The quantitative estimate of drug-likeness (QED) is 0.413. The molecule has 1 fully saturated rings. The van der Waals surface area contributed by atoms with Gasteiger partial charge in [-0.05, 0) is 61.8 Å². The second-order valence-corrected chi connectivity index (χ2v) is 8.71. The fourth-order valence-electron chi connectivity index (χ4n) is 4.47. The van der Waals surface area contributed by atoms with Crippen LogP contribution in [0.4, 0.5) is 4.79 Å². The lowest BCUT2D eigenvalue weighted by Crippen LogP contribution is -2.43. The summed E-state index contributed by atoms with van der Waals surface area (Å²) in [5.41, 5.74) is 3.61. The van der Waals surface area contributed by atoms with Gasteiger partial charge in [-0.25, -0.2) is 4.79 Å². The van der Waals surface area contributed by atoms with Crippen molar-refractivity contribution in [1.29, 1.82) is 5.26 Å². The van der Waals surface area contributed by atoms with Crippen LogP contribution in [0.15, 0.2) is 48.5 Å². The van der Waals surface area contributed by atoms with Crippen LogP contribution in [-0.4, -0.2) is 35.7 Å². The van der Waals surface area contributed by atoms with Crippen molar-refractivity contribution in [1.82, 2.24) is 4.90 Å². The van der Waals surface area contributed by atoms with Crippen molar-refractivity contribution in [2.45, 2.75) is 77.5 Å². The number of ether oxygens (including phenoxy) is 2. The molecule has 3 rings (SSSR count). The minimum atomic E-state index is -0.611. The van der Waals surface area contributed by atoms with Crippen LogP contribution < -0.4 is 0 Å². The predicted octanol–water partition coefficient (Wildman–Crippen LogP) is 6.23. The Morgan fingerprint density at radius 2 is 1.74 bits per heavy atom. The molecule has 0 atom stereocenters. The summed E-state index contributed by atoms with van der Waals surface area (Å²) in [6.45, 7) is 4.70. The maximum absolute atomic E-state index is 13.1. The highest BCUT2D eigenvalue weighted by atomic mass is 16.7. The maximum atomic E-state index is 13.1. The summed E-state index contributed by atoms with van der Waals surface area (Å²) >= 11 is 0. The third-order valence-electron chi connectivity index (χ3n) is 6.34. The Balaban J connectivity index is 1.69. The van der Waals surface area contributed by atoms with Crippen molar-refractivity contribution in [3.8, 4) is 17.2 Å². The summed E-state index contributed by atoms with van der Waals surface area (Å²) in [7, 11) is 0. The molecular weight excluding hydrogens is 428 g/mol. The van der Waals surface area contributed by atoms with Crippen LogP contribution in [0.25, 0.3) is 11.1 Å². The van der Waals surface area contributed by atoms with Gasteiger partial charge in [-0.1, -0.05) is 55.8 Å². The van der Waals surface area contributed by atoms with Crippen molar-refractivity contribution >= 4 is 12.1 Å². The summed E-state index contributed by atoms with van der Waals surface area (Å²) in [6.07, 6.45) is 4.69. The molecule has 0 bridgehead atoms. The molecule has 0 aromatic heterocycles. The summed E-state index contributed by atoms with van der Waals surface area (Å²) in [5, 5.41) is 9.39. The van der Waals surface area contributed by atoms with Gasteiger partial charge in [0.05, 0.1) is 18.2 Å². The van der Waals surface area contributed by atoms with Crippen LogP contribution in [0, 0.1) is 11.3 Å². The lowest BCUT2D eigenvalue weighted by molar-refractivity contribution is -0.135. The number of nitriles is 1. The van der Waals surface area contributed by atoms with Crippen LogP contribution in [0.2, 0.25) is 0 Å². The highest BCUT2D eigenvalue weighted by molar-refractivity contribution is 5.76. The topological polar surface area (TPSA) is 79.6 Å². The van der Waals surface area contributed by atoms with Gasteiger partial charge in [-0.3, -0.25) is 4.79 Å². The number of nitrogens with zero attached hydrogens (tertiary/aromatic N) is 2. The second kappa shape index (κ2) is 12.8. The van der Waals surface area contributed by atoms with Crippen LogP contribution in [0.3, 0.4) is 0 Å². The molecule has 6 heteroatoms. The van der Waals surface area contributed by atoms with E-state index in [4.69, 9.17) is 9.47 Å². The number of amides is 1. The van der Waals surface area contributed by atoms with E-state index in [9.17, 15) is 14.9 Å². The molecule has 0 N–H and O–H groups in total. The third kappa shape index (κ3) is 6.84. The zero-order valence-corrected chi connectivity index (χ0v) is 20.2. The normalized spacial score (nSPS) is 17.4. The van der Waals surface area contributed by atoms with Crippen LogP contribution >= 0.6 is 0 Å². The van der Waals surface area contributed by atoms with E-state index in [0.717, 1.165) is 55.2 Å². The minimum Gasteiger partial charge on any atom is -0.435 e. The SMILES string of the molecule is CCCCC(=O)N(Cc1ccc(-c2ccccc2C#N)cc1)[C@H]1CC[C@@H](OC(=O)OCC)CC1. The van der Waals surface area contributed by atoms with Gasteiger partial charge in [0.15, 0.2) is 0 Å². The molecule has 1 amide bonds. The molecule has 1 aliphatic rings. The Hall–Kier alpha value is -3.33. The van der Waals surface area contributed by atoms with E-state index in [1.54, 1.807) is 6.92 Å².